The van der Waals surface area contributed by atoms with E-state index in [9.17, 15) is 28.8 Å². The molecule has 1 saturated heterocycles. The molecule has 1 fully saturated rings. The molecule has 1 aromatic carbocycles. The van der Waals surface area contributed by atoms with Crippen molar-refractivity contribution in [2.24, 2.45) is 23.4 Å². The molecule has 2 heterocycles. The van der Waals surface area contributed by atoms with Crippen LogP contribution in [0.4, 0.5) is 0 Å². The van der Waals surface area contributed by atoms with E-state index in [0.717, 1.165) is 16.5 Å². The predicted molar refractivity (Wildman–Crippen MR) is 201 cm³/mol. The summed E-state index contributed by atoms with van der Waals surface area (Å²) in [7, 11) is 0. The van der Waals surface area contributed by atoms with Gasteiger partial charge in [0.05, 0.1) is 6.04 Å². The SMILES string of the molecule is CC(C)C[C@H](NC(=O)[C@H](NC(=O)[C@@H]1CCCN1C(=O)[C@@H](CCCCC(=O)OC(C)(C)C)NC(=O)[C@H](N)Cc1c[nH]c2ccccc12)C(C)C)C(=O)NN. The number of carbonyl (C=O) groups is 6. The third kappa shape index (κ3) is 12.8. The van der Waals surface area contributed by atoms with Crippen LogP contribution in [0.3, 0.4) is 0 Å². The van der Waals surface area contributed by atoms with Gasteiger partial charge < -0.3 is 36.3 Å². The molecule has 15 nitrogen and oxygen atoms in total. The fourth-order valence-corrected chi connectivity index (χ4v) is 6.53. The quantitative estimate of drug-likeness (QED) is 0.0390. The van der Waals surface area contributed by atoms with E-state index in [-0.39, 0.29) is 43.6 Å². The molecular formula is C38H60N8O7. The van der Waals surface area contributed by atoms with Crippen LogP contribution in [-0.4, -0.2) is 87.7 Å². The number of unbranched alkanes of at least 4 members (excludes halogenated alkanes) is 1. The van der Waals surface area contributed by atoms with Gasteiger partial charge in [-0.05, 0) is 82.8 Å². The van der Waals surface area contributed by atoms with Crippen LogP contribution in [0.2, 0.25) is 0 Å². The van der Waals surface area contributed by atoms with Crippen LogP contribution in [0.1, 0.15) is 99.0 Å². The summed E-state index contributed by atoms with van der Waals surface area (Å²) >= 11 is 0. The number of hydrogen-bond acceptors (Lipinski definition) is 9. The zero-order valence-corrected chi connectivity index (χ0v) is 32.3. The Morgan fingerprint density at radius 1 is 0.943 bits per heavy atom. The number of amides is 5. The Hall–Kier alpha value is -4.50. The van der Waals surface area contributed by atoms with Gasteiger partial charge in [0.1, 0.15) is 29.8 Å². The normalized spacial score (nSPS) is 16.9. The summed E-state index contributed by atoms with van der Waals surface area (Å²) in [5.41, 5.74) is 9.62. The summed E-state index contributed by atoms with van der Waals surface area (Å²) in [5.74, 6) is 2.15. The second-order valence-corrected chi connectivity index (χ2v) is 15.7. The highest BCUT2D eigenvalue weighted by molar-refractivity contribution is 5.96. The number of aromatic amines is 1. The molecule has 5 amide bonds. The fraction of sp³-hybridized carbons (Fsp3) is 0.632. The van der Waals surface area contributed by atoms with Crippen molar-refractivity contribution >= 4 is 46.4 Å². The smallest absolute Gasteiger partial charge is 0.306 e. The maximum absolute atomic E-state index is 14.2. The first kappa shape index (κ1) is 42.9. The summed E-state index contributed by atoms with van der Waals surface area (Å²) in [4.78, 5) is 84.2. The molecule has 5 atom stereocenters. The molecule has 0 bridgehead atoms. The number of benzene rings is 1. The lowest BCUT2D eigenvalue weighted by atomic mass is 9.99. The van der Waals surface area contributed by atoms with Crippen molar-refractivity contribution in [2.45, 2.75) is 136 Å². The average molecular weight is 741 g/mol. The van der Waals surface area contributed by atoms with Crippen LogP contribution in [0.5, 0.6) is 0 Å². The second-order valence-electron chi connectivity index (χ2n) is 15.7. The molecule has 15 heteroatoms. The summed E-state index contributed by atoms with van der Waals surface area (Å²) in [6.45, 7) is 13.0. The second kappa shape index (κ2) is 19.5. The Kier molecular flexibility index (Phi) is 15.8. The number of fused-ring (bicyclic) bond motifs is 1. The number of nitrogens with two attached hydrogens (primary N) is 2. The molecular weight excluding hydrogens is 680 g/mol. The molecule has 1 aliphatic heterocycles. The highest BCUT2D eigenvalue weighted by atomic mass is 16.6. The summed E-state index contributed by atoms with van der Waals surface area (Å²) in [6.07, 6.45) is 4.46. The van der Waals surface area contributed by atoms with E-state index in [4.69, 9.17) is 16.3 Å². The Bertz CT molecular complexity index is 1580. The maximum atomic E-state index is 14.2. The Morgan fingerprint density at radius 2 is 1.62 bits per heavy atom. The topological polar surface area (TPSA) is 231 Å². The minimum Gasteiger partial charge on any atom is -0.460 e. The summed E-state index contributed by atoms with van der Waals surface area (Å²) < 4.78 is 5.41. The monoisotopic (exact) mass is 740 g/mol. The van der Waals surface area contributed by atoms with Crippen LogP contribution in [-0.2, 0) is 39.9 Å². The van der Waals surface area contributed by atoms with Crippen molar-refractivity contribution in [2.75, 3.05) is 6.54 Å². The lowest BCUT2D eigenvalue weighted by Gasteiger charge is -2.31. The zero-order valence-electron chi connectivity index (χ0n) is 32.3. The molecule has 1 aromatic heterocycles. The van der Waals surface area contributed by atoms with E-state index in [1.807, 2.05) is 44.3 Å². The molecule has 9 N–H and O–H groups in total. The van der Waals surface area contributed by atoms with Gasteiger partial charge in [0.15, 0.2) is 0 Å². The standard InChI is InChI=1S/C38H60N8O7/c1-22(2)19-29(34(49)45-40)43-36(51)32(23(3)4)44-35(50)30-16-12-18-46(30)37(52)28(15-10-11-17-31(47)53-38(5,6)7)42-33(48)26(39)20-24-21-41-27-14-9-8-13-25(24)27/h8-9,13-14,21-23,26,28-30,32,41H,10-12,15-20,39-40H2,1-7H3,(H,42,48)(H,43,51)(H,44,50)(H,45,49)/t26-,28-,29+,30+,32-/m1/s1. The van der Waals surface area contributed by atoms with E-state index >= 15 is 0 Å². The Morgan fingerprint density at radius 3 is 2.26 bits per heavy atom. The van der Waals surface area contributed by atoms with Gasteiger partial charge in [-0.25, -0.2) is 5.84 Å². The molecule has 53 heavy (non-hydrogen) atoms. The number of rotatable bonds is 18. The van der Waals surface area contributed by atoms with Crippen molar-refractivity contribution in [1.29, 1.82) is 0 Å². The van der Waals surface area contributed by atoms with Crippen LogP contribution < -0.4 is 33.0 Å². The minimum absolute atomic E-state index is 0.0802. The first-order valence-electron chi connectivity index (χ1n) is 18.7. The first-order chi connectivity index (χ1) is 24.9. The molecule has 1 aliphatic rings. The van der Waals surface area contributed by atoms with Crippen LogP contribution >= 0.6 is 0 Å². The number of H-pyrrole nitrogens is 1. The number of ether oxygens (including phenoxy) is 1. The maximum Gasteiger partial charge on any atom is 0.306 e. The van der Waals surface area contributed by atoms with Gasteiger partial charge in [-0.3, -0.25) is 34.2 Å². The van der Waals surface area contributed by atoms with Gasteiger partial charge in [-0.15, -0.1) is 0 Å². The van der Waals surface area contributed by atoms with Crippen molar-refractivity contribution in [1.82, 2.24) is 31.3 Å². The van der Waals surface area contributed by atoms with Gasteiger partial charge in [-0.1, -0.05) is 52.3 Å². The van der Waals surface area contributed by atoms with E-state index in [0.29, 0.717) is 32.1 Å². The predicted octanol–water partition coefficient (Wildman–Crippen LogP) is 2.08. The number of para-hydroxylation sites is 1. The molecule has 2 aromatic rings. The molecule has 0 spiro atoms. The molecule has 0 aliphatic carbocycles. The van der Waals surface area contributed by atoms with Crippen molar-refractivity contribution in [3.8, 4) is 0 Å². The largest absolute Gasteiger partial charge is 0.460 e. The number of carbonyl (C=O) groups excluding carboxylic acids is 6. The van der Waals surface area contributed by atoms with Crippen LogP contribution in [0.15, 0.2) is 30.5 Å². The molecule has 0 unspecified atom stereocenters. The van der Waals surface area contributed by atoms with Crippen LogP contribution in [0.25, 0.3) is 10.9 Å². The number of likely N-dealkylation sites (tertiary alicyclic amines) is 1. The van der Waals surface area contributed by atoms with Crippen molar-refractivity contribution in [3.63, 3.8) is 0 Å². The zero-order chi connectivity index (χ0) is 39.5. The number of nitrogens with zero attached hydrogens (tertiary/aromatic N) is 1. The molecule has 294 valence electrons. The van der Waals surface area contributed by atoms with E-state index in [1.54, 1.807) is 34.6 Å². The van der Waals surface area contributed by atoms with Crippen molar-refractivity contribution in [3.05, 3.63) is 36.0 Å². The van der Waals surface area contributed by atoms with Crippen molar-refractivity contribution < 1.29 is 33.5 Å². The molecule has 3 rings (SSSR count). The lowest BCUT2D eigenvalue weighted by Crippen LogP contribution is -2.59. The fourth-order valence-electron chi connectivity index (χ4n) is 6.53. The Balaban J connectivity index is 1.75. The van der Waals surface area contributed by atoms with Gasteiger partial charge >= 0.3 is 5.97 Å². The number of esters is 1. The van der Waals surface area contributed by atoms with Gasteiger partial charge in [0.2, 0.25) is 23.6 Å². The number of nitrogens with one attached hydrogen (secondary N) is 5. The Labute approximate surface area is 312 Å². The van der Waals surface area contributed by atoms with Gasteiger partial charge in [0, 0.05) is 30.1 Å². The van der Waals surface area contributed by atoms with E-state index in [1.165, 1.54) is 4.90 Å². The average Bonchev–Trinajstić information content (AvgIpc) is 3.74. The first-order valence-corrected chi connectivity index (χ1v) is 18.7. The number of aromatic nitrogens is 1. The lowest BCUT2D eigenvalue weighted by molar-refractivity contribution is -0.155. The highest BCUT2D eigenvalue weighted by Gasteiger charge is 2.40. The van der Waals surface area contributed by atoms with Gasteiger partial charge in [0.25, 0.3) is 5.91 Å². The number of hydrazine groups is 1. The van der Waals surface area contributed by atoms with E-state index < -0.39 is 65.3 Å². The summed E-state index contributed by atoms with van der Waals surface area (Å²) in [5, 5.41) is 9.32. The third-order valence-electron chi connectivity index (χ3n) is 9.18. The minimum atomic E-state index is -1.01. The van der Waals surface area contributed by atoms with E-state index in [2.05, 4.69) is 26.4 Å². The number of hydrogen-bond donors (Lipinski definition) is 7. The highest BCUT2D eigenvalue weighted by Crippen LogP contribution is 2.22. The van der Waals surface area contributed by atoms with Crippen LogP contribution in [0, 0.1) is 11.8 Å². The molecule has 0 saturated carbocycles. The molecule has 0 radical (unpaired) electrons. The summed E-state index contributed by atoms with van der Waals surface area (Å²) in [6, 6.07) is 2.92. The third-order valence-corrected chi connectivity index (χ3v) is 9.18. The van der Waals surface area contributed by atoms with Gasteiger partial charge in [-0.2, -0.15) is 0 Å².